The number of nitrogens with one attached hydrogen (secondary N) is 3. The van der Waals surface area contributed by atoms with Crippen molar-refractivity contribution in [3.63, 3.8) is 0 Å². The normalized spacial score (nSPS) is 25.1. The molecule has 3 aromatic carbocycles. The molecule has 24 nitrogen and oxygen atoms in total. The number of halogens is 5. The topological polar surface area (TPSA) is 270 Å². The van der Waals surface area contributed by atoms with Gasteiger partial charge < -0.3 is 60.0 Å². The Labute approximate surface area is 615 Å². The van der Waals surface area contributed by atoms with Crippen molar-refractivity contribution in [2.45, 2.75) is 192 Å². The Bertz CT molecular complexity index is 3580. The minimum Gasteiger partial charge on any atom is -0.347 e. The fourth-order valence-corrected chi connectivity index (χ4v) is 13.9. The van der Waals surface area contributed by atoms with E-state index in [2.05, 4.69) is 38.5 Å². The summed E-state index contributed by atoms with van der Waals surface area (Å²) in [7, 11) is 12.5. The number of carbonyl (C=O) groups is 12. The Balaban J connectivity index is 1.48. The summed E-state index contributed by atoms with van der Waals surface area (Å²) in [5, 5.41) is 7.97. The summed E-state index contributed by atoms with van der Waals surface area (Å²) in [6.07, 6.45) is -4.08. The zero-order valence-corrected chi connectivity index (χ0v) is 64.3. The molecule has 0 aromatic heterocycles. The Hall–Kier alpha value is -7.89. The third-order valence-corrected chi connectivity index (χ3v) is 21.9. The maximum atomic E-state index is 15.6. The van der Waals surface area contributed by atoms with E-state index < -0.39 is 172 Å². The predicted molar refractivity (Wildman–Crippen MR) is 386 cm³/mol. The van der Waals surface area contributed by atoms with Gasteiger partial charge in [0.25, 0.3) is 0 Å². The van der Waals surface area contributed by atoms with E-state index in [0.717, 1.165) is 40.9 Å². The minimum atomic E-state index is -4.79. The van der Waals surface area contributed by atoms with Gasteiger partial charge in [0.15, 0.2) is 0 Å². The van der Waals surface area contributed by atoms with E-state index in [-0.39, 0.29) is 57.1 Å². The van der Waals surface area contributed by atoms with Gasteiger partial charge in [0.05, 0.1) is 23.6 Å². The van der Waals surface area contributed by atoms with Gasteiger partial charge in [0.1, 0.15) is 59.9 Å². The van der Waals surface area contributed by atoms with Crippen LogP contribution in [0.25, 0.3) is 0 Å². The molecule has 6 rings (SSSR count). The fourth-order valence-electron chi connectivity index (χ4n) is 13.3. The van der Waals surface area contributed by atoms with E-state index >= 15 is 24.0 Å². The molecule has 3 aliphatic rings. The van der Waals surface area contributed by atoms with Crippen LogP contribution in [0.3, 0.4) is 0 Å². The summed E-state index contributed by atoms with van der Waals surface area (Å²) in [6, 6.07) is 5.51. The minimum absolute atomic E-state index is 0.0632. The number of aryl methyl sites for hydroxylation is 2. The number of hydrogen-bond acceptors (Lipinski definition) is 12. The van der Waals surface area contributed by atoms with Gasteiger partial charge >= 0.3 is 6.18 Å². The zero-order chi connectivity index (χ0) is 76.3. The number of carbonyl (C=O) groups excluding carboxylic acids is 12. The van der Waals surface area contributed by atoms with Gasteiger partial charge in [-0.05, 0) is 128 Å². The molecule has 0 radical (unpaired) electrons. The lowest BCUT2D eigenvalue weighted by Gasteiger charge is -2.45. The van der Waals surface area contributed by atoms with Crippen molar-refractivity contribution in [1.29, 1.82) is 0 Å². The third kappa shape index (κ3) is 19.7. The van der Waals surface area contributed by atoms with Gasteiger partial charge in [-0.3, -0.25) is 57.5 Å². The number of alkyl halides is 3. The highest BCUT2D eigenvalue weighted by molar-refractivity contribution is 14.1. The van der Waals surface area contributed by atoms with Crippen molar-refractivity contribution in [3.05, 3.63) is 103 Å². The summed E-state index contributed by atoms with van der Waals surface area (Å²) in [6.45, 7) is 11.3. The van der Waals surface area contributed by atoms with Crippen molar-refractivity contribution >= 4 is 105 Å². The van der Waals surface area contributed by atoms with Crippen LogP contribution in [0, 0.1) is 22.3 Å². The van der Waals surface area contributed by atoms with Crippen LogP contribution < -0.4 is 16.0 Å². The maximum Gasteiger partial charge on any atom is 0.417 e. The Morgan fingerprint density at radius 3 is 1.75 bits per heavy atom. The number of benzene rings is 3. The second-order valence-corrected chi connectivity index (χ2v) is 29.7. The molecule has 3 fully saturated rings. The van der Waals surface area contributed by atoms with E-state index in [1.54, 1.807) is 57.2 Å². The molecule has 29 heteroatoms. The van der Waals surface area contributed by atoms with Gasteiger partial charge in [0, 0.05) is 86.4 Å². The number of rotatable bonds is 12. The first kappa shape index (κ1) is 83.1. The summed E-state index contributed by atoms with van der Waals surface area (Å²) in [5.41, 5.74) is -0.405. The second-order valence-electron chi connectivity index (χ2n) is 28.1. The van der Waals surface area contributed by atoms with Crippen molar-refractivity contribution < 1.29 is 70.7 Å². The van der Waals surface area contributed by atoms with E-state index in [1.807, 2.05) is 26.0 Å². The van der Waals surface area contributed by atoms with Crippen LogP contribution >= 0.6 is 34.2 Å². The molecule has 12 amide bonds. The van der Waals surface area contributed by atoms with Crippen LogP contribution in [-0.2, 0) is 83.0 Å². The monoisotopic (exact) mass is 1560 g/mol. The number of amides is 12. The van der Waals surface area contributed by atoms with Crippen LogP contribution in [0.1, 0.15) is 127 Å². The molecule has 1 spiro atoms. The second kappa shape index (κ2) is 35.5. The first-order chi connectivity index (χ1) is 47.7. The molecule has 0 unspecified atom stereocenters. The Morgan fingerprint density at radius 1 is 0.657 bits per heavy atom. The van der Waals surface area contributed by atoms with E-state index in [0.29, 0.717) is 36.8 Å². The quantitative estimate of drug-likeness (QED) is 0.184. The van der Waals surface area contributed by atoms with Crippen LogP contribution in [0.5, 0.6) is 0 Å². The number of likely N-dealkylation sites (N-methyl/N-ethyl adjacent to an activating group) is 8. The molecule has 1 aliphatic carbocycles. The molecule has 3 N–H and O–H groups in total. The predicted octanol–water partition coefficient (Wildman–Crippen LogP) is 5.73. The number of nitrogens with zero attached hydrogens (tertiary/aromatic N) is 9. The summed E-state index contributed by atoms with van der Waals surface area (Å²) < 4.78 is 42.7. The first-order valence-electron chi connectivity index (χ1n) is 34.7. The molecule has 102 heavy (non-hydrogen) atoms. The summed E-state index contributed by atoms with van der Waals surface area (Å²) in [4.78, 5) is 190. The number of fused-ring (bicyclic) bond motifs is 1. The largest absolute Gasteiger partial charge is 0.417 e. The van der Waals surface area contributed by atoms with Gasteiger partial charge in [-0.15, -0.1) is 0 Å². The van der Waals surface area contributed by atoms with Crippen molar-refractivity contribution in [2.75, 3.05) is 76.5 Å². The molecular formula is C73H101ClF3IN12O12. The van der Waals surface area contributed by atoms with E-state index in [1.165, 1.54) is 108 Å². The van der Waals surface area contributed by atoms with E-state index in [9.17, 15) is 46.7 Å². The third-order valence-electron chi connectivity index (χ3n) is 20.9. The lowest BCUT2D eigenvalue weighted by Crippen LogP contribution is -2.65. The van der Waals surface area contributed by atoms with Gasteiger partial charge in [-0.25, -0.2) is 0 Å². The average molecular weight is 1560 g/mol. The lowest BCUT2D eigenvalue weighted by atomic mass is 9.90. The molecule has 1 saturated carbocycles. The van der Waals surface area contributed by atoms with Crippen molar-refractivity contribution in [2.24, 2.45) is 11.8 Å². The highest BCUT2D eigenvalue weighted by atomic mass is 127. The maximum absolute atomic E-state index is 15.6. The average Bonchev–Trinajstić information content (AvgIpc) is 1.18. The highest BCUT2D eigenvalue weighted by Crippen LogP contribution is 2.37. The Kier molecular flexibility index (Phi) is 28.9. The van der Waals surface area contributed by atoms with Crippen molar-refractivity contribution in [3.8, 4) is 0 Å². The molecule has 2 heterocycles. The van der Waals surface area contributed by atoms with Crippen LogP contribution in [0.4, 0.5) is 13.2 Å². The molecule has 11 atom stereocenters. The fraction of sp³-hybridized carbons (Fsp3) is 0.589. The molecule has 2 saturated heterocycles. The molecule has 2 aliphatic heterocycles. The van der Waals surface area contributed by atoms with Gasteiger partial charge in [-0.2, -0.15) is 13.2 Å². The smallest absolute Gasteiger partial charge is 0.347 e. The molecule has 560 valence electrons. The SMILES string of the molecule is CC[C@H](C)[C@@H]1NC(=O)[C@H](C)N(C)C(=O)C[C@@H](C(=O)N(C)C)N(C)C(=O)[C@H]([C@@H](C)CC)N(C)C(=O)C2(CCCC2)NC(=O)[C@H](Cc2ccc(I)cc2)N(C)C(=O)[C@H](CCc2ccc(C(F)(F)F)c(Cl)c2)NC(=O)CN(C)C(=O)[C@H](Cc2ccc(C)cc2)N(C)C(=O)[C@@H]2CCN2C(=O)[C@@H](C)N(C)C1=O. The molecule has 3 aromatic rings. The van der Waals surface area contributed by atoms with Crippen molar-refractivity contribution in [1.82, 2.24) is 60.0 Å². The molecular weight excluding hydrogens is 1460 g/mol. The number of hydrogen-bond donors (Lipinski definition) is 3. The Morgan fingerprint density at radius 2 is 1.22 bits per heavy atom. The van der Waals surface area contributed by atoms with Crippen LogP contribution in [-0.4, -0.2) is 251 Å². The lowest BCUT2D eigenvalue weighted by molar-refractivity contribution is -0.160. The summed E-state index contributed by atoms with van der Waals surface area (Å²) >= 11 is 8.30. The van der Waals surface area contributed by atoms with Crippen LogP contribution in [0.15, 0.2) is 66.7 Å². The van der Waals surface area contributed by atoms with E-state index in [4.69, 9.17) is 11.6 Å². The van der Waals surface area contributed by atoms with Gasteiger partial charge in [0.2, 0.25) is 70.9 Å². The highest BCUT2D eigenvalue weighted by Gasteiger charge is 2.51. The zero-order valence-electron chi connectivity index (χ0n) is 61.4. The van der Waals surface area contributed by atoms with Crippen LogP contribution in [0.2, 0.25) is 5.02 Å². The van der Waals surface area contributed by atoms with Gasteiger partial charge in [-0.1, -0.05) is 113 Å². The summed E-state index contributed by atoms with van der Waals surface area (Å²) in [5.74, 6) is -9.79. The standard InChI is InChI=1S/C73H101ClF3IN12O12/c1-17-43(4)60-69(100)85(12)46(7)64(95)90-36-33-54(90)68(99)87(14)56(39-48-23-21-42(3)22-24-48)67(98)83(10)41-58(91)79-53(32-28-47-27-31-51(52(74)37-47)73(75,76)77)65(96)86(13)55(38-49-25-29-50(78)30-26-49)63(94)81-72(34-19-20-35-72)71(102)89(16)61(44(5)18-2)70(101)88(15)57(66(97)82(8)9)40-59(92)84(11)45(6)62(93)80-60/h21-27,29-31,37,43-46,53-57,60-61H,17-20,28,32-36,38-41H2,1-16H3,(H,79,91)(H,80,93)(H,81,94)/t43-,44-,45-,46+,53-,54-,55-,56-,57-,60-,61-/m0/s1. The first-order valence-corrected chi connectivity index (χ1v) is 36.1. The molecule has 0 bridgehead atoms.